The van der Waals surface area contributed by atoms with Gasteiger partial charge in [0.1, 0.15) is 6.54 Å². The van der Waals surface area contributed by atoms with Gasteiger partial charge >= 0.3 is 5.97 Å². The SMILES string of the molecule is O=C(O)Cn1nnnc1Cc1ccsc1. The van der Waals surface area contributed by atoms with E-state index in [-0.39, 0.29) is 6.54 Å². The van der Waals surface area contributed by atoms with E-state index in [1.54, 1.807) is 11.3 Å². The van der Waals surface area contributed by atoms with Gasteiger partial charge in [0.25, 0.3) is 0 Å². The maximum absolute atomic E-state index is 10.5. The smallest absolute Gasteiger partial charge is 0.325 e. The molecule has 2 aromatic heterocycles. The van der Waals surface area contributed by atoms with Crippen molar-refractivity contribution in [3.05, 3.63) is 28.2 Å². The fourth-order valence-electron chi connectivity index (χ4n) is 1.18. The first kappa shape index (κ1) is 9.78. The summed E-state index contributed by atoms with van der Waals surface area (Å²) in [6.07, 6.45) is 0.559. The van der Waals surface area contributed by atoms with E-state index < -0.39 is 5.97 Å². The molecule has 0 aliphatic carbocycles. The highest BCUT2D eigenvalue weighted by Gasteiger charge is 2.09. The summed E-state index contributed by atoms with van der Waals surface area (Å²) in [6.45, 7) is -0.202. The summed E-state index contributed by atoms with van der Waals surface area (Å²) in [7, 11) is 0. The van der Waals surface area contributed by atoms with Crippen molar-refractivity contribution in [3.8, 4) is 0 Å². The molecule has 2 aromatic rings. The molecule has 0 atom stereocenters. The Bertz CT molecular complexity index is 451. The third kappa shape index (κ3) is 2.38. The monoisotopic (exact) mass is 224 g/mol. The minimum Gasteiger partial charge on any atom is -0.480 e. The number of hydrogen-bond acceptors (Lipinski definition) is 5. The van der Waals surface area contributed by atoms with E-state index in [2.05, 4.69) is 15.5 Å². The van der Waals surface area contributed by atoms with Crippen LogP contribution in [0.4, 0.5) is 0 Å². The number of carboxylic acid groups (broad SMARTS) is 1. The highest BCUT2D eigenvalue weighted by atomic mass is 32.1. The van der Waals surface area contributed by atoms with Crippen molar-refractivity contribution in [2.24, 2.45) is 0 Å². The number of nitrogens with zero attached hydrogens (tertiary/aromatic N) is 4. The zero-order valence-electron chi connectivity index (χ0n) is 7.70. The summed E-state index contributed by atoms with van der Waals surface area (Å²) in [5.41, 5.74) is 1.08. The number of tetrazole rings is 1. The molecule has 2 rings (SSSR count). The average molecular weight is 224 g/mol. The van der Waals surface area contributed by atoms with Crippen molar-refractivity contribution in [1.29, 1.82) is 0 Å². The Morgan fingerprint density at radius 1 is 1.60 bits per heavy atom. The van der Waals surface area contributed by atoms with Crippen LogP contribution in [-0.2, 0) is 17.8 Å². The number of aliphatic carboxylic acids is 1. The van der Waals surface area contributed by atoms with Crippen LogP contribution in [0.15, 0.2) is 16.8 Å². The summed E-state index contributed by atoms with van der Waals surface area (Å²) < 4.78 is 1.29. The molecule has 0 saturated heterocycles. The molecule has 15 heavy (non-hydrogen) atoms. The number of rotatable bonds is 4. The molecule has 0 aliphatic rings. The Kier molecular flexibility index (Phi) is 2.72. The maximum Gasteiger partial charge on any atom is 0.325 e. The second-order valence-corrected chi connectivity index (χ2v) is 3.73. The zero-order chi connectivity index (χ0) is 10.7. The molecule has 0 saturated carbocycles. The van der Waals surface area contributed by atoms with Crippen molar-refractivity contribution in [2.75, 3.05) is 0 Å². The van der Waals surface area contributed by atoms with Crippen LogP contribution in [-0.4, -0.2) is 31.3 Å². The quantitative estimate of drug-likeness (QED) is 0.813. The lowest BCUT2D eigenvalue weighted by Gasteiger charge is -1.99. The number of carbonyl (C=O) groups is 1. The van der Waals surface area contributed by atoms with Crippen LogP contribution in [0.5, 0.6) is 0 Å². The van der Waals surface area contributed by atoms with E-state index in [0.717, 1.165) is 5.56 Å². The second kappa shape index (κ2) is 4.18. The average Bonchev–Trinajstić information content (AvgIpc) is 2.78. The van der Waals surface area contributed by atoms with Crippen molar-refractivity contribution in [1.82, 2.24) is 20.2 Å². The fraction of sp³-hybridized carbons (Fsp3) is 0.250. The highest BCUT2D eigenvalue weighted by molar-refractivity contribution is 7.07. The largest absolute Gasteiger partial charge is 0.480 e. The lowest BCUT2D eigenvalue weighted by Crippen LogP contribution is -2.13. The van der Waals surface area contributed by atoms with Crippen molar-refractivity contribution in [2.45, 2.75) is 13.0 Å². The van der Waals surface area contributed by atoms with Gasteiger partial charge in [0, 0.05) is 6.42 Å². The van der Waals surface area contributed by atoms with Crippen LogP contribution in [0.1, 0.15) is 11.4 Å². The van der Waals surface area contributed by atoms with E-state index in [1.165, 1.54) is 4.68 Å². The number of hydrogen-bond donors (Lipinski definition) is 1. The molecule has 0 bridgehead atoms. The molecule has 2 heterocycles. The Morgan fingerprint density at radius 3 is 3.13 bits per heavy atom. The molecular formula is C8H8N4O2S. The molecule has 0 unspecified atom stereocenters. The van der Waals surface area contributed by atoms with Gasteiger partial charge < -0.3 is 5.11 Å². The molecule has 0 spiro atoms. The Morgan fingerprint density at radius 2 is 2.47 bits per heavy atom. The normalized spacial score (nSPS) is 10.4. The number of thiophene rings is 1. The van der Waals surface area contributed by atoms with E-state index in [4.69, 9.17) is 5.11 Å². The van der Waals surface area contributed by atoms with E-state index >= 15 is 0 Å². The third-order valence-corrected chi connectivity index (χ3v) is 2.57. The van der Waals surface area contributed by atoms with Gasteiger partial charge in [0.15, 0.2) is 5.82 Å². The van der Waals surface area contributed by atoms with Gasteiger partial charge in [0.05, 0.1) is 0 Å². The predicted octanol–water partition coefficient (Wildman–Crippen LogP) is 0.410. The summed E-state index contributed by atoms with van der Waals surface area (Å²) >= 11 is 1.59. The van der Waals surface area contributed by atoms with E-state index in [0.29, 0.717) is 12.2 Å². The van der Waals surface area contributed by atoms with Crippen molar-refractivity contribution in [3.63, 3.8) is 0 Å². The molecule has 78 valence electrons. The molecule has 0 fully saturated rings. The Balaban J connectivity index is 2.14. The first-order valence-electron chi connectivity index (χ1n) is 4.23. The summed E-state index contributed by atoms with van der Waals surface area (Å²) in [6, 6.07) is 1.96. The van der Waals surface area contributed by atoms with Crippen LogP contribution < -0.4 is 0 Å². The van der Waals surface area contributed by atoms with Crippen LogP contribution in [0.25, 0.3) is 0 Å². The molecule has 1 N–H and O–H groups in total. The Hall–Kier alpha value is -1.76. The molecule has 0 aromatic carbocycles. The van der Waals surface area contributed by atoms with Crippen LogP contribution in [0.2, 0.25) is 0 Å². The number of carboxylic acids is 1. The molecule has 0 radical (unpaired) electrons. The molecule has 0 aliphatic heterocycles. The van der Waals surface area contributed by atoms with Crippen molar-refractivity contribution >= 4 is 17.3 Å². The first-order valence-corrected chi connectivity index (χ1v) is 5.18. The second-order valence-electron chi connectivity index (χ2n) is 2.95. The van der Waals surface area contributed by atoms with Crippen LogP contribution in [0.3, 0.4) is 0 Å². The van der Waals surface area contributed by atoms with Gasteiger partial charge in [-0.25, -0.2) is 4.68 Å². The maximum atomic E-state index is 10.5. The zero-order valence-corrected chi connectivity index (χ0v) is 8.52. The summed E-state index contributed by atoms with van der Waals surface area (Å²) in [5.74, 6) is -0.385. The van der Waals surface area contributed by atoms with Gasteiger partial charge in [-0.05, 0) is 32.8 Å². The predicted molar refractivity (Wildman–Crippen MR) is 52.6 cm³/mol. The van der Waals surface area contributed by atoms with Gasteiger partial charge in [-0.15, -0.1) is 5.10 Å². The van der Waals surface area contributed by atoms with Gasteiger partial charge in [-0.1, -0.05) is 0 Å². The summed E-state index contributed by atoms with van der Waals surface area (Å²) in [5, 5.41) is 23.4. The topological polar surface area (TPSA) is 80.9 Å². The molecule has 6 nitrogen and oxygen atoms in total. The lowest BCUT2D eigenvalue weighted by atomic mass is 10.2. The lowest BCUT2D eigenvalue weighted by molar-refractivity contribution is -0.138. The van der Waals surface area contributed by atoms with E-state index in [1.807, 2.05) is 16.8 Å². The number of aromatic nitrogens is 4. The first-order chi connectivity index (χ1) is 7.25. The van der Waals surface area contributed by atoms with Crippen LogP contribution >= 0.6 is 11.3 Å². The fourth-order valence-corrected chi connectivity index (χ4v) is 1.85. The molecular weight excluding hydrogens is 216 g/mol. The van der Waals surface area contributed by atoms with Gasteiger partial charge in [-0.2, -0.15) is 11.3 Å². The van der Waals surface area contributed by atoms with Gasteiger partial charge in [-0.3, -0.25) is 4.79 Å². The Labute approximate surface area is 89.2 Å². The molecule has 7 heteroatoms. The minimum absolute atomic E-state index is 0.202. The van der Waals surface area contributed by atoms with Gasteiger partial charge in [0.2, 0.25) is 0 Å². The molecule has 0 amide bonds. The summed E-state index contributed by atoms with van der Waals surface area (Å²) in [4.78, 5) is 10.5. The van der Waals surface area contributed by atoms with Crippen molar-refractivity contribution < 1.29 is 9.90 Å². The van der Waals surface area contributed by atoms with Crippen LogP contribution in [0, 0.1) is 0 Å². The third-order valence-electron chi connectivity index (χ3n) is 1.83. The minimum atomic E-state index is -0.950. The highest BCUT2D eigenvalue weighted by Crippen LogP contribution is 2.10. The standard InChI is InChI=1S/C8H8N4O2S/c13-8(14)4-12-7(9-10-11-12)3-6-1-2-15-5-6/h1-2,5H,3-4H2,(H,13,14). The van der Waals surface area contributed by atoms with E-state index in [9.17, 15) is 4.79 Å².